The third-order valence-electron chi connectivity index (χ3n) is 4.80. The molecule has 4 nitrogen and oxygen atoms in total. The van der Waals surface area contributed by atoms with Crippen molar-refractivity contribution in [3.63, 3.8) is 0 Å². The molecule has 0 aliphatic carbocycles. The molecule has 3 rings (SSSR count). The molecule has 0 bridgehead atoms. The molecule has 0 aliphatic rings. The SMILES string of the molecule is COc1ccccc1CN(Cc1ccc(F)cc1)CC(O)COCc1ccccc1. The maximum Gasteiger partial charge on any atom is 0.123 e. The van der Waals surface area contributed by atoms with Crippen LogP contribution in [0, 0.1) is 5.82 Å². The average molecular weight is 410 g/mol. The lowest BCUT2D eigenvalue weighted by Crippen LogP contribution is -2.34. The van der Waals surface area contributed by atoms with Crippen LogP contribution in [-0.2, 0) is 24.4 Å². The zero-order valence-corrected chi connectivity index (χ0v) is 17.2. The Morgan fingerprint density at radius 2 is 1.57 bits per heavy atom. The quantitative estimate of drug-likeness (QED) is 0.509. The summed E-state index contributed by atoms with van der Waals surface area (Å²) in [6.45, 7) is 2.29. The van der Waals surface area contributed by atoms with E-state index >= 15 is 0 Å². The van der Waals surface area contributed by atoms with Crippen molar-refractivity contribution < 1.29 is 19.0 Å². The molecule has 0 amide bonds. The topological polar surface area (TPSA) is 41.9 Å². The molecular formula is C25H28FNO3. The molecule has 0 heterocycles. The maximum absolute atomic E-state index is 13.3. The van der Waals surface area contributed by atoms with Crippen molar-refractivity contribution in [2.24, 2.45) is 0 Å². The number of aliphatic hydroxyl groups is 1. The molecule has 0 aromatic heterocycles. The van der Waals surface area contributed by atoms with Crippen LogP contribution in [0.2, 0.25) is 0 Å². The Morgan fingerprint density at radius 1 is 0.867 bits per heavy atom. The average Bonchev–Trinajstić information content (AvgIpc) is 2.76. The lowest BCUT2D eigenvalue weighted by Gasteiger charge is -2.26. The molecule has 0 fully saturated rings. The number of nitrogens with zero attached hydrogens (tertiary/aromatic N) is 1. The third-order valence-corrected chi connectivity index (χ3v) is 4.80. The standard InChI is InChI=1S/C25H28FNO3/c1-29-25-10-6-5-9-22(25)16-27(15-20-11-13-23(26)14-12-20)17-24(28)19-30-18-21-7-3-2-4-8-21/h2-14,24,28H,15-19H2,1H3. The van der Waals surface area contributed by atoms with Crippen molar-refractivity contribution in [1.29, 1.82) is 0 Å². The van der Waals surface area contributed by atoms with Gasteiger partial charge in [0.1, 0.15) is 11.6 Å². The van der Waals surface area contributed by atoms with E-state index < -0.39 is 6.10 Å². The Balaban J connectivity index is 1.62. The summed E-state index contributed by atoms with van der Waals surface area (Å²) in [5.74, 6) is 0.542. The minimum absolute atomic E-state index is 0.237. The highest BCUT2D eigenvalue weighted by atomic mass is 19.1. The molecule has 30 heavy (non-hydrogen) atoms. The van der Waals surface area contributed by atoms with Crippen LogP contribution in [0.5, 0.6) is 5.75 Å². The molecule has 0 radical (unpaired) electrons. The summed E-state index contributed by atoms with van der Waals surface area (Å²) in [4.78, 5) is 2.11. The first-order valence-corrected chi connectivity index (χ1v) is 10.0. The summed E-state index contributed by atoms with van der Waals surface area (Å²) >= 11 is 0. The van der Waals surface area contributed by atoms with Gasteiger partial charge >= 0.3 is 0 Å². The van der Waals surface area contributed by atoms with Gasteiger partial charge in [0.25, 0.3) is 0 Å². The van der Waals surface area contributed by atoms with Crippen molar-refractivity contribution in [3.8, 4) is 5.75 Å². The van der Waals surface area contributed by atoms with Crippen molar-refractivity contribution in [2.75, 3.05) is 20.3 Å². The smallest absolute Gasteiger partial charge is 0.123 e. The first-order valence-electron chi connectivity index (χ1n) is 10.0. The van der Waals surface area contributed by atoms with Crippen LogP contribution in [-0.4, -0.2) is 36.4 Å². The van der Waals surface area contributed by atoms with Crippen molar-refractivity contribution >= 4 is 0 Å². The predicted octanol–water partition coefficient (Wildman–Crippen LogP) is 4.41. The molecule has 1 unspecified atom stereocenters. The van der Waals surface area contributed by atoms with Gasteiger partial charge in [-0.05, 0) is 29.3 Å². The maximum atomic E-state index is 13.3. The van der Waals surface area contributed by atoms with Crippen LogP contribution in [0.25, 0.3) is 0 Å². The molecule has 158 valence electrons. The van der Waals surface area contributed by atoms with Crippen LogP contribution in [0.1, 0.15) is 16.7 Å². The Hall–Kier alpha value is -2.73. The van der Waals surface area contributed by atoms with Crippen molar-refractivity contribution in [1.82, 2.24) is 4.90 Å². The van der Waals surface area contributed by atoms with Crippen LogP contribution in [0.3, 0.4) is 0 Å². The molecule has 1 atom stereocenters. The van der Waals surface area contributed by atoms with E-state index in [0.29, 0.717) is 26.2 Å². The third kappa shape index (κ3) is 6.95. The number of hydrogen-bond acceptors (Lipinski definition) is 4. The summed E-state index contributed by atoms with van der Waals surface area (Å²) in [5.41, 5.74) is 3.07. The van der Waals surface area contributed by atoms with Gasteiger partial charge in [0.2, 0.25) is 0 Å². The highest BCUT2D eigenvalue weighted by Crippen LogP contribution is 2.21. The predicted molar refractivity (Wildman–Crippen MR) is 116 cm³/mol. The van der Waals surface area contributed by atoms with Gasteiger partial charge in [0, 0.05) is 25.2 Å². The van der Waals surface area contributed by atoms with E-state index in [0.717, 1.165) is 22.4 Å². The highest BCUT2D eigenvalue weighted by molar-refractivity contribution is 5.33. The molecule has 0 aliphatic heterocycles. The van der Waals surface area contributed by atoms with Gasteiger partial charge in [0.05, 0.1) is 26.4 Å². The van der Waals surface area contributed by atoms with Crippen LogP contribution in [0.15, 0.2) is 78.9 Å². The Morgan fingerprint density at radius 3 is 2.30 bits per heavy atom. The van der Waals surface area contributed by atoms with E-state index in [1.807, 2.05) is 54.6 Å². The van der Waals surface area contributed by atoms with Crippen LogP contribution < -0.4 is 4.74 Å². The molecule has 5 heteroatoms. The zero-order valence-electron chi connectivity index (χ0n) is 17.2. The summed E-state index contributed by atoms with van der Waals surface area (Å²) in [6.07, 6.45) is -0.649. The summed E-state index contributed by atoms with van der Waals surface area (Å²) in [5, 5.41) is 10.6. The molecule has 0 saturated heterocycles. The molecular weight excluding hydrogens is 381 g/mol. The number of methoxy groups -OCH3 is 1. The highest BCUT2D eigenvalue weighted by Gasteiger charge is 2.15. The fourth-order valence-corrected chi connectivity index (χ4v) is 3.35. The first-order chi connectivity index (χ1) is 14.6. The Bertz CT molecular complexity index is 886. The first kappa shape index (κ1) is 22.0. The van der Waals surface area contributed by atoms with E-state index in [1.165, 1.54) is 12.1 Å². The molecule has 0 saturated carbocycles. The molecule has 3 aromatic carbocycles. The Kier molecular flexibility index (Phi) is 8.39. The van der Waals surface area contributed by atoms with Gasteiger partial charge < -0.3 is 14.6 Å². The van der Waals surface area contributed by atoms with Gasteiger partial charge in [-0.25, -0.2) is 4.39 Å². The zero-order chi connectivity index (χ0) is 21.2. The summed E-state index contributed by atoms with van der Waals surface area (Å²) in [7, 11) is 1.65. The van der Waals surface area contributed by atoms with Crippen molar-refractivity contribution in [3.05, 3.63) is 101 Å². The normalized spacial score (nSPS) is 12.1. The van der Waals surface area contributed by atoms with Crippen LogP contribution >= 0.6 is 0 Å². The lowest BCUT2D eigenvalue weighted by atomic mass is 10.1. The van der Waals surface area contributed by atoms with Crippen molar-refractivity contribution in [2.45, 2.75) is 25.8 Å². The van der Waals surface area contributed by atoms with E-state index in [4.69, 9.17) is 9.47 Å². The van der Waals surface area contributed by atoms with Gasteiger partial charge in [0.15, 0.2) is 0 Å². The van der Waals surface area contributed by atoms with Gasteiger partial charge in [-0.2, -0.15) is 0 Å². The minimum Gasteiger partial charge on any atom is -0.496 e. The van der Waals surface area contributed by atoms with Gasteiger partial charge in [-0.15, -0.1) is 0 Å². The van der Waals surface area contributed by atoms with E-state index in [2.05, 4.69) is 4.90 Å². The van der Waals surface area contributed by atoms with Crippen LogP contribution in [0.4, 0.5) is 4.39 Å². The molecule has 0 spiro atoms. The van der Waals surface area contributed by atoms with Gasteiger partial charge in [-0.1, -0.05) is 60.7 Å². The molecule has 3 aromatic rings. The monoisotopic (exact) mass is 409 g/mol. The molecule has 1 N–H and O–H groups in total. The number of rotatable bonds is 11. The number of halogens is 1. The summed E-state index contributed by atoms with van der Waals surface area (Å²) < 4.78 is 24.4. The van der Waals surface area contributed by atoms with E-state index in [1.54, 1.807) is 19.2 Å². The number of hydrogen-bond donors (Lipinski definition) is 1. The van der Waals surface area contributed by atoms with E-state index in [9.17, 15) is 9.50 Å². The fraction of sp³-hybridized carbons (Fsp3) is 0.280. The second kappa shape index (κ2) is 11.5. The minimum atomic E-state index is -0.649. The summed E-state index contributed by atoms with van der Waals surface area (Å²) in [6, 6.07) is 24.1. The number of aliphatic hydroxyl groups excluding tert-OH is 1. The number of para-hydroxylation sites is 1. The Labute approximate surface area is 177 Å². The van der Waals surface area contributed by atoms with E-state index in [-0.39, 0.29) is 12.4 Å². The second-order valence-corrected chi connectivity index (χ2v) is 7.26. The largest absolute Gasteiger partial charge is 0.496 e. The number of benzene rings is 3. The van der Waals surface area contributed by atoms with Gasteiger partial charge in [-0.3, -0.25) is 4.90 Å². The lowest BCUT2D eigenvalue weighted by molar-refractivity contribution is 0.00702. The number of ether oxygens (including phenoxy) is 2. The second-order valence-electron chi connectivity index (χ2n) is 7.26. The fourth-order valence-electron chi connectivity index (χ4n) is 3.35.